The summed E-state index contributed by atoms with van der Waals surface area (Å²) in [5.41, 5.74) is 0. The van der Waals surface area contributed by atoms with Gasteiger partial charge in [0.2, 0.25) is 0 Å². The predicted octanol–water partition coefficient (Wildman–Crippen LogP) is 24.7. The Labute approximate surface area is 639 Å². The molecule has 604 valence electrons. The molecule has 0 saturated carbocycles. The molecular weight excluding hydrogens is 1360 g/mol. The Morgan fingerprint density at radius 1 is 0.276 bits per heavy atom. The average Bonchev–Trinajstić information content (AvgIpc) is 0.913. The van der Waals surface area contributed by atoms with Crippen LogP contribution in [0.2, 0.25) is 0 Å². The number of esters is 3. The summed E-state index contributed by atoms with van der Waals surface area (Å²) in [7, 11) is -9.80. The normalized spacial score (nSPS) is 14.6. The molecule has 18 heteroatoms. The van der Waals surface area contributed by atoms with E-state index in [1.54, 1.807) is 0 Å². The lowest BCUT2D eigenvalue weighted by Crippen LogP contribution is -2.30. The van der Waals surface area contributed by atoms with E-state index in [9.17, 15) is 43.5 Å². The summed E-state index contributed by atoms with van der Waals surface area (Å²) in [5, 5.41) is 20.7. The molecule has 5 atom stereocenters. The summed E-state index contributed by atoms with van der Waals surface area (Å²) in [6, 6.07) is 0. The highest BCUT2D eigenvalue weighted by atomic mass is 31.2. The molecule has 0 saturated heterocycles. The zero-order valence-electron chi connectivity index (χ0n) is 66.1. The van der Waals surface area contributed by atoms with Crippen LogP contribution in [0.25, 0.3) is 0 Å². The monoisotopic (exact) mass is 1510 g/mol. The molecule has 16 nitrogen and oxygen atoms in total. The van der Waals surface area contributed by atoms with Crippen LogP contribution in [-0.4, -0.2) is 95.9 Å². The van der Waals surface area contributed by atoms with Crippen molar-refractivity contribution in [3.8, 4) is 0 Å². The van der Waals surface area contributed by atoms with Crippen molar-refractivity contribution >= 4 is 33.6 Å². The Hall–Kier alpha value is -4.31. The second-order valence-corrected chi connectivity index (χ2v) is 30.4. The first-order valence-corrected chi connectivity index (χ1v) is 44.5. The highest BCUT2D eigenvalue weighted by Gasteiger charge is 2.29. The maximum atomic E-state index is 13.0. The molecule has 5 unspecified atom stereocenters. The molecule has 105 heavy (non-hydrogen) atoms. The van der Waals surface area contributed by atoms with Gasteiger partial charge in [-0.05, 0) is 135 Å². The fraction of sp³-hybridized carbons (Fsp3) is 0.713. The van der Waals surface area contributed by atoms with Crippen molar-refractivity contribution in [2.45, 2.75) is 360 Å². The number of carbonyl (C=O) groups is 3. The van der Waals surface area contributed by atoms with Crippen LogP contribution in [0.1, 0.15) is 342 Å². The number of aliphatic hydroxyl groups excluding tert-OH is 2. The number of allylic oxidation sites excluding steroid dienone is 22. The van der Waals surface area contributed by atoms with Gasteiger partial charge in [-0.2, -0.15) is 0 Å². The zero-order chi connectivity index (χ0) is 76.6. The van der Waals surface area contributed by atoms with Crippen molar-refractivity contribution in [2.75, 3.05) is 39.6 Å². The third-order valence-electron chi connectivity index (χ3n) is 17.3. The van der Waals surface area contributed by atoms with E-state index in [1.807, 2.05) is 0 Å². The standard InChI is InChI=1S/C87H150O16P2/c1-4-7-10-13-16-19-22-25-28-30-32-34-36-38-39-40-41-43-45-46-48-50-53-55-58-61-64-67-70-73-85(90)97-76-82(88)77-99-104(93,94)100-78-83(89)79-101-105(95,96)102-81-84(103-87(92)75-72-69-66-63-60-57-52-27-24-21-18-15-12-9-6-3)80-98-86(91)74-71-68-65-62-59-56-54-51-49-47-44-42-37-35-33-31-29-26-23-20-17-14-11-8-5-2/h7-8,10-11,16-17,19-20,25-29,32-35,38-39,42,44,52,82-84,88-89H,4-6,9,12-15,18,21-24,30-31,36-37,40-41,43,45-51,53-81H2,1-3H3,(H,93,94)(H,95,96)/b10-7-,11-8-,19-16-,20-17-,28-25-,29-26-,34-32-,35-33-,39-38-,44-42-,52-27-. The van der Waals surface area contributed by atoms with Crippen LogP contribution in [0.5, 0.6) is 0 Å². The number of carbonyl (C=O) groups excluding carboxylic acids is 3. The molecule has 0 aliphatic carbocycles. The minimum absolute atomic E-state index is 0.0921. The minimum Gasteiger partial charge on any atom is -0.463 e. The number of unbranched alkanes of at least 4 members (excludes halogenated alkanes) is 33. The smallest absolute Gasteiger partial charge is 0.463 e. The Kier molecular flexibility index (Phi) is 76.0. The fourth-order valence-electron chi connectivity index (χ4n) is 11.1. The van der Waals surface area contributed by atoms with Gasteiger partial charge in [-0.1, -0.05) is 321 Å². The van der Waals surface area contributed by atoms with Crippen LogP contribution in [-0.2, 0) is 55.8 Å². The Bertz CT molecular complexity index is 2440. The molecule has 0 heterocycles. The first-order valence-electron chi connectivity index (χ1n) is 41.5. The largest absolute Gasteiger partial charge is 0.472 e. The SMILES string of the molecule is CC/C=C\C/C=C\C/C=C\C/C=C\C/C=C\CCCCCCCCCCCCCCCC(=O)OCC(O)COP(=O)(O)OCC(O)COP(=O)(O)OCC(COC(=O)CCCCCCCCCCC/C=C\C/C=C\C/C=C\C/C=C\C/C=C\CC)OC(=O)CCCCCCC/C=C\CCCCCCCC. The quantitative estimate of drug-likeness (QED) is 0.0146. The zero-order valence-corrected chi connectivity index (χ0v) is 67.9. The highest BCUT2D eigenvalue weighted by Crippen LogP contribution is 2.45. The topological polar surface area (TPSA) is 231 Å². The van der Waals surface area contributed by atoms with Crippen molar-refractivity contribution < 1.29 is 75.8 Å². The van der Waals surface area contributed by atoms with Gasteiger partial charge in [0, 0.05) is 19.3 Å². The van der Waals surface area contributed by atoms with Crippen LogP contribution < -0.4 is 0 Å². The van der Waals surface area contributed by atoms with Crippen molar-refractivity contribution in [3.63, 3.8) is 0 Å². The summed E-state index contributed by atoms with van der Waals surface area (Å²) < 4.78 is 61.2. The third kappa shape index (κ3) is 80.5. The first kappa shape index (κ1) is 101. The van der Waals surface area contributed by atoms with Crippen molar-refractivity contribution in [2.24, 2.45) is 0 Å². The molecule has 0 radical (unpaired) electrons. The van der Waals surface area contributed by atoms with E-state index in [4.69, 9.17) is 32.3 Å². The molecule has 0 rings (SSSR count). The van der Waals surface area contributed by atoms with Gasteiger partial charge in [-0.15, -0.1) is 0 Å². The molecule has 0 bridgehead atoms. The Morgan fingerprint density at radius 3 is 0.810 bits per heavy atom. The van der Waals surface area contributed by atoms with E-state index in [1.165, 1.54) is 122 Å². The molecule has 4 N–H and O–H groups in total. The third-order valence-corrected chi connectivity index (χ3v) is 19.2. The number of hydrogen-bond acceptors (Lipinski definition) is 14. The van der Waals surface area contributed by atoms with E-state index < -0.39 is 91.5 Å². The molecule has 0 aliphatic heterocycles. The van der Waals surface area contributed by atoms with E-state index in [0.29, 0.717) is 19.3 Å². The predicted molar refractivity (Wildman–Crippen MR) is 436 cm³/mol. The lowest BCUT2D eigenvalue weighted by molar-refractivity contribution is -0.161. The van der Waals surface area contributed by atoms with Gasteiger partial charge in [0.25, 0.3) is 0 Å². The Balaban J connectivity index is 4.53. The first-order chi connectivity index (χ1) is 51.2. The molecule has 0 aliphatic rings. The van der Waals surface area contributed by atoms with Crippen molar-refractivity contribution in [1.82, 2.24) is 0 Å². The van der Waals surface area contributed by atoms with Crippen molar-refractivity contribution in [1.29, 1.82) is 0 Å². The summed E-state index contributed by atoms with van der Waals surface area (Å²) in [4.78, 5) is 58.7. The number of hydrogen-bond donors (Lipinski definition) is 4. The van der Waals surface area contributed by atoms with Crippen LogP contribution >= 0.6 is 15.6 Å². The van der Waals surface area contributed by atoms with Gasteiger partial charge in [0.05, 0.1) is 26.4 Å². The maximum Gasteiger partial charge on any atom is 0.472 e. The van der Waals surface area contributed by atoms with Gasteiger partial charge >= 0.3 is 33.6 Å². The summed E-state index contributed by atoms with van der Waals surface area (Å²) >= 11 is 0. The van der Waals surface area contributed by atoms with Gasteiger partial charge in [0.1, 0.15) is 25.4 Å². The van der Waals surface area contributed by atoms with Gasteiger partial charge in [-0.3, -0.25) is 32.5 Å². The molecule has 0 fully saturated rings. The van der Waals surface area contributed by atoms with Gasteiger partial charge in [-0.25, -0.2) is 9.13 Å². The Morgan fingerprint density at radius 2 is 0.505 bits per heavy atom. The molecule has 0 aromatic heterocycles. The summed E-state index contributed by atoms with van der Waals surface area (Å²) in [6.07, 6.45) is 96.4. The van der Waals surface area contributed by atoms with Crippen molar-refractivity contribution in [3.05, 3.63) is 134 Å². The number of phosphoric ester groups is 2. The van der Waals surface area contributed by atoms with E-state index in [2.05, 4.69) is 154 Å². The fourth-order valence-corrected chi connectivity index (χ4v) is 12.7. The molecular formula is C87H150O16P2. The molecule has 0 amide bonds. The number of phosphoric acid groups is 2. The second-order valence-electron chi connectivity index (χ2n) is 27.5. The number of rotatable bonds is 78. The van der Waals surface area contributed by atoms with E-state index >= 15 is 0 Å². The van der Waals surface area contributed by atoms with Gasteiger partial charge < -0.3 is 34.2 Å². The summed E-state index contributed by atoms with van der Waals surface area (Å²) in [6.45, 7) is 2.46. The lowest BCUT2D eigenvalue weighted by Gasteiger charge is -2.21. The minimum atomic E-state index is -4.94. The van der Waals surface area contributed by atoms with Crippen LogP contribution in [0.3, 0.4) is 0 Å². The molecule has 0 spiro atoms. The lowest BCUT2D eigenvalue weighted by atomic mass is 10.0. The van der Waals surface area contributed by atoms with Gasteiger partial charge in [0.15, 0.2) is 6.10 Å². The highest BCUT2D eigenvalue weighted by molar-refractivity contribution is 7.47. The second kappa shape index (κ2) is 79.2. The average molecular weight is 1510 g/mol. The van der Waals surface area contributed by atoms with Crippen LogP contribution in [0.4, 0.5) is 0 Å². The number of aliphatic hydroxyl groups is 2. The van der Waals surface area contributed by atoms with Crippen LogP contribution in [0, 0.1) is 0 Å². The number of ether oxygens (including phenoxy) is 3. The maximum absolute atomic E-state index is 13.0. The van der Waals surface area contributed by atoms with E-state index in [0.717, 1.165) is 161 Å². The summed E-state index contributed by atoms with van der Waals surface area (Å²) in [5.74, 6) is -1.58. The molecule has 0 aromatic rings. The molecule has 0 aromatic carbocycles. The van der Waals surface area contributed by atoms with E-state index in [-0.39, 0.29) is 19.3 Å². The van der Waals surface area contributed by atoms with Crippen LogP contribution in [0.15, 0.2) is 134 Å².